The van der Waals surface area contributed by atoms with E-state index in [1.807, 2.05) is 11.0 Å². The standard InChI is InChI=1S/C24H27F3N4O3/c1-5-17(7-6-13-29(3)15-16(2)32)30-14-12-20-21(23(30)33)31(28-22(20)24(25,26)27)18-8-10-19(34-4)11-9-18/h5-11H,12-15H2,1-4H3/b7-6-,17-5+. The maximum atomic E-state index is 13.7. The number of allylic oxidation sites excluding steroid dienone is 2. The fourth-order valence-electron chi connectivity index (χ4n) is 3.88. The first-order chi connectivity index (χ1) is 16.1. The Kier molecular flexibility index (Phi) is 7.61. The van der Waals surface area contributed by atoms with Gasteiger partial charge in [-0.15, -0.1) is 0 Å². The van der Waals surface area contributed by atoms with E-state index in [-0.39, 0.29) is 30.0 Å². The zero-order valence-electron chi connectivity index (χ0n) is 19.5. The number of methoxy groups -OCH3 is 1. The van der Waals surface area contributed by atoms with Crippen molar-refractivity contribution < 1.29 is 27.5 Å². The monoisotopic (exact) mass is 476 g/mol. The zero-order chi connectivity index (χ0) is 25.0. The Morgan fingerprint density at radius 2 is 1.94 bits per heavy atom. The fraction of sp³-hybridized carbons (Fsp3) is 0.375. The van der Waals surface area contributed by atoms with Crippen molar-refractivity contribution in [3.63, 3.8) is 0 Å². The first-order valence-electron chi connectivity index (χ1n) is 10.7. The van der Waals surface area contributed by atoms with Crippen LogP contribution in [0.5, 0.6) is 5.75 Å². The van der Waals surface area contributed by atoms with Crippen LogP contribution in [0, 0.1) is 0 Å². The topological polar surface area (TPSA) is 67.7 Å². The van der Waals surface area contributed by atoms with Gasteiger partial charge in [0.25, 0.3) is 5.91 Å². The van der Waals surface area contributed by atoms with E-state index in [9.17, 15) is 22.8 Å². The Labute approximate surface area is 196 Å². The van der Waals surface area contributed by atoms with Crippen LogP contribution in [0.3, 0.4) is 0 Å². The number of Topliss-reactive ketones (excluding diaryl/α,β-unsaturated/α-hetero) is 1. The van der Waals surface area contributed by atoms with Crippen molar-refractivity contribution in [2.24, 2.45) is 0 Å². The summed E-state index contributed by atoms with van der Waals surface area (Å²) in [5.41, 5.74) is -0.376. The second-order valence-corrected chi connectivity index (χ2v) is 8.00. The number of nitrogens with zero attached hydrogens (tertiary/aromatic N) is 4. The molecule has 0 unspecified atom stereocenters. The Morgan fingerprint density at radius 3 is 2.50 bits per heavy atom. The molecule has 0 radical (unpaired) electrons. The van der Waals surface area contributed by atoms with Crippen LogP contribution in [0.15, 0.2) is 48.2 Å². The average molecular weight is 476 g/mol. The lowest BCUT2D eigenvalue weighted by Gasteiger charge is -2.28. The summed E-state index contributed by atoms with van der Waals surface area (Å²) >= 11 is 0. The second kappa shape index (κ2) is 10.3. The van der Waals surface area contributed by atoms with Gasteiger partial charge in [0.15, 0.2) is 5.69 Å². The van der Waals surface area contributed by atoms with Gasteiger partial charge in [-0.1, -0.05) is 12.2 Å². The quantitative estimate of drug-likeness (QED) is 0.541. The lowest BCUT2D eigenvalue weighted by atomic mass is 10.0. The number of amides is 1. The van der Waals surface area contributed by atoms with E-state index in [0.29, 0.717) is 30.2 Å². The summed E-state index contributed by atoms with van der Waals surface area (Å²) in [7, 11) is 3.28. The molecule has 1 aliphatic rings. The Balaban J connectivity index is 1.96. The predicted octanol–water partition coefficient (Wildman–Crippen LogP) is 3.88. The number of ether oxygens (including phenoxy) is 1. The third-order valence-electron chi connectivity index (χ3n) is 5.41. The van der Waals surface area contributed by atoms with Crippen molar-refractivity contribution in [2.45, 2.75) is 26.4 Å². The van der Waals surface area contributed by atoms with Gasteiger partial charge in [0.1, 0.15) is 17.2 Å². The molecule has 0 saturated carbocycles. The van der Waals surface area contributed by atoms with E-state index in [2.05, 4.69) is 5.10 Å². The summed E-state index contributed by atoms with van der Waals surface area (Å²) < 4.78 is 47.4. The number of aromatic nitrogens is 2. The molecule has 0 bridgehead atoms. The minimum absolute atomic E-state index is 0.0154. The lowest BCUT2D eigenvalue weighted by Crippen LogP contribution is -2.38. The summed E-state index contributed by atoms with van der Waals surface area (Å²) in [6.45, 7) is 4.12. The highest BCUT2D eigenvalue weighted by Crippen LogP contribution is 2.37. The number of rotatable bonds is 8. The van der Waals surface area contributed by atoms with Crippen molar-refractivity contribution >= 4 is 11.7 Å². The van der Waals surface area contributed by atoms with Gasteiger partial charge in [0, 0.05) is 24.4 Å². The molecule has 0 fully saturated rings. The summed E-state index contributed by atoms with van der Waals surface area (Å²) in [4.78, 5) is 28.0. The van der Waals surface area contributed by atoms with Crippen LogP contribution in [0.4, 0.5) is 13.2 Å². The van der Waals surface area contributed by atoms with Crippen LogP contribution in [-0.4, -0.2) is 65.1 Å². The summed E-state index contributed by atoms with van der Waals surface area (Å²) in [6.07, 6.45) is 0.598. The van der Waals surface area contributed by atoms with Gasteiger partial charge in [0.2, 0.25) is 0 Å². The number of hydrogen-bond donors (Lipinski definition) is 0. The fourth-order valence-corrected chi connectivity index (χ4v) is 3.88. The average Bonchev–Trinajstić information content (AvgIpc) is 3.18. The minimum Gasteiger partial charge on any atom is -0.497 e. The summed E-state index contributed by atoms with van der Waals surface area (Å²) in [6, 6.07) is 6.30. The molecule has 2 aromatic rings. The molecule has 1 aromatic carbocycles. The van der Waals surface area contributed by atoms with E-state index in [0.717, 1.165) is 4.68 Å². The van der Waals surface area contributed by atoms with Gasteiger partial charge in [-0.05, 0) is 57.7 Å². The van der Waals surface area contributed by atoms with E-state index in [4.69, 9.17) is 4.74 Å². The zero-order valence-corrected chi connectivity index (χ0v) is 19.5. The number of halogens is 3. The van der Waals surface area contributed by atoms with Gasteiger partial charge in [-0.25, -0.2) is 4.68 Å². The molecule has 7 nitrogen and oxygen atoms in total. The first-order valence-corrected chi connectivity index (χ1v) is 10.7. The maximum Gasteiger partial charge on any atom is 0.435 e. The van der Waals surface area contributed by atoms with E-state index in [1.54, 1.807) is 50.4 Å². The number of carbonyl (C=O) groups is 2. The molecule has 1 aliphatic heterocycles. The van der Waals surface area contributed by atoms with Crippen LogP contribution in [0.1, 0.15) is 35.6 Å². The number of fused-ring (bicyclic) bond motifs is 1. The van der Waals surface area contributed by atoms with Crippen LogP contribution in [0.2, 0.25) is 0 Å². The number of hydrogen-bond acceptors (Lipinski definition) is 5. The van der Waals surface area contributed by atoms with Gasteiger partial charge < -0.3 is 9.64 Å². The maximum absolute atomic E-state index is 13.7. The number of carbonyl (C=O) groups excluding carboxylic acids is 2. The Morgan fingerprint density at radius 1 is 1.26 bits per heavy atom. The third kappa shape index (κ3) is 5.39. The highest BCUT2D eigenvalue weighted by atomic mass is 19.4. The lowest BCUT2D eigenvalue weighted by molar-refractivity contribution is -0.142. The SMILES string of the molecule is C/C=C(\C=C/CN(C)CC(C)=O)N1CCc2c(C(F)(F)F)nn(-c3ccc(OC)cc3)c2C1=O. The van der Waals surface area contributed by atoms with Gasteiger partial charge in [-0.3, -0.25) is 14.5 Å². The highest BCUT2D eigenvalue weighted by Gasteiger charge is 2.43. The second-order valence-electron chi connectivity index (χ2n) is 8.00. The van der Waals surface area contributed by atoms with Crippen molar-refractivity contribution in [1.29, 1.82) is 0 Å². The molecule has 0 saturated heterocycles. The molecule has 1 amide bonds. The highest BCUT2D eigenvalue weighted by molar-refractivity contribution is 5.97. The summed E-state index contributed by atoms with van der Waals surface area (Å²) in [5.74, 6) is 0.00733. The predicted molar refractivity (Wildman–Crippen MR) is 121 cm³/mol. The molecule has 10 heteroatoms. The van der Waals surface area contributed by atoms with E-state index >= 15 is 0 Å². The molecule has 0 atom stereocenters. The Hall–Kier alpha value is -3.40. The third-order valence-corrected chi connectivity index (χ3v) is 5.41. The molecule has 34 heavy (non-hydrogen) atoms. The first kappa shape index (κ1) is 25.2. The number of benzene rings is 1. The molecule has 2 heterocycles. The summed E-state index contributed by atoms with van der Waals surface area (Å²) in [5, 5.41) is 3.80. The number of alkyl halides is 3. The van der Waals surface area contributed by atoms with Gasteiger partial charge >= 0.3 is 6.18 Å². The molecule has 0 N–H and O–H groups in total. The molecule has 1 aromatic heterocycles. The van der Waals surface area contributed by atoms with Crippen LogP contribution in [0.25, 0.3) is 5.69 Å². The van der Waals surface area contributed by atoms with Crippen LogP contribution >= 0.6 is 0 Å². The van der Waals surface area contributed by atoms with Crippen molar-refractivity contribution in [3.05, 3.63) is 65.1 Å². The van der Waals surface area contributed by atoms with Crippen molar-refractivity contribution in [3.8, 4) is 11.4 Å². The number of likely N-dealkylation sites (N-methyl/N-ethyl adjacent to an activating group) is 1. The van der Waals surface area contributed by atoms with Crippen molar-refractivity contribution in [1.82, 2.24) is 19.6 Å². The minimum atomic E-state index is -4.69. The molecule has 182 valence electrons. The number of ketones is 1. The van der Waals surface area contributed by atoms with Gasteiger partial charge in [0.05, 0.1) is 19.3 Å². The van der Waals surface area contributed by atoms with Gasteiger partial charge in [-0.2, -0.15) is 18.3 Å². The molecule has 0 aliphatic carbocycles. The largest absolute Gasteiger partial charge is 0.497 e. The molecule has 3 rings (SSSR count). The molecular formula is C24H27F3N4O3. The van der Waals surface area contributed by atoms with Crippen LogP contribution < -0.4 is 4.74 Å². The van der Waals surface area contributed by atoms with Crippen molar-refractivity contribution in [2.75, 3.05) is 33.8 Å². The van der Waals surface area contributed by atoms with E-state index < -0.39 is 17.8 Å². The van der Waals surface area contributed by atoms with E-state index in [1.165, 1.54) is 18.9 Å². The normalized spacial score (nSPS) is 14.8. The van der Waals surface area contributed by atoms with Crippen LogP contribution in [-0.2, 0) is 17.4 Å². The molecular weight excluding hydrogens is 449 g/mol. The smallest absolute Gasteiger partial charge is 0.435 e. The molecule has 0 spiro atoms. The Bertz CT molecular complexity index is 1120.